The number of rotatable bonds is 6. The number of esters is 2. The van der Waals surface area contributed by atoms with E-state index in [4.69, 9.17) is 19.3 Å². The second kappa shape index (κ2) is 9.11. The number of carboxylic acids is 2. The van der Waals surface area contributed by atoms with E-state index in [2.05, 4.69) is 0 Å². The molecule has 2 aromatic carbocycles. The highest BCUT2D eigenvalue weighted by molar-refractivity contribution is 6.00. The molecule has 0 amide bonds. The molecule has 1 aliphatic rings. The van der Waals surface area contributed by atoms with E-state index in [1.165, 1.54) is 19.9 Å². The van der Waals surface area contributed by atoms with Crippen molar-refractivity contribution in [3.05, 3.63) is 51.6 Å². The molecule has 5 N–H and O–H groups in total. The second-order valence-electron chi connectivity index (χ2n) is 7.11. The normalized spacial score (nSPS) is 12.3. The maximum atomic E-state index is 12.9. The van der Waals surface area contributed by atoms with Gasteiger partial charge in [0.05, 0.1) is 17.7 Å². The number of ether oxygens (including phenoxy) is 3. The third kappa shape index (κ3) is 4.21. The van der Waals surface area contributed by atoms with Crippen molar-refractivity contribution >= 4 is 23.9 Å². The standard InChI is InChI=1S/C22H18O12/c1-8-5-12(24)10(6-23)19-15(8)22(31)34-20-11(7-32-14(27)4-3-13(25)26)17(28)16(21(29)30)9(2)18(20)33-19/h3-5,23-24,28H,6-7H2,1-2H3,(H,25,26)(H,29,30)/b4-3+. The number of carbonyl (C=O) groups is 4. The zero-order valence-electron chi connectivity index (χ0n) is 17.7. The van der Waals surface area contributed by atoms with Gasteiger partial charge in [-0.3, -0.25) is 0 Å². The summed E-state index contributed by atoms with van der Waals surface area (Å²) in [7, 11) is 0. The van der Waals surface area contributed by atoms with Gasteiger partial charge >= 0.3 is 23.9 Å². The molecule has 0 fully saturated rings. The molecule has 0 bridgehead atoms. The topological polar surface area (TPSA) is 197 Å². The Bertz CT molecular complexity index is 1270. The van der Waals surface area contributed by atoms with Gasteiger partial charge in [-0.1, -0.05) is 0 Å². The third-order valence-corrected chi connectivity index (χ3v) is 4.97. The van der Waals surface area contributed by atoms with E-state index < -0.39 is 59.7 Å². The summed E-state index contributed by atoms with van der Waals surface area (Å²) in [6.45, 7) is 1.17. The Morgan fingerprint density at radius 2 is 1.68 bits per heavy atom. The number of hydrogen-bond acceptors (Lipinski definition) is 10. The van der Waals surface area contributed by atoms with Crippen LogP contribution >= 0.6 is 0 Å². The summed E-state index contributed by atoms with van der Waals surface area (Å²) in [6, 6.07) is 1.20. The zero-order chi connectivity index (χ0) is 25.3. The van der Waals surface area contributed by atoms with Crippen molar-refractivity contribution in [2.75, 3.05) is 0 Å². The highest BCUT2D eigenvalue weighted by Crippen LogP contribution is 2.50. The van der Waals surface area contributed by atoms with Gasteiger partial charge in [0.15, 0.2) is 17.2 Å². The largest absolute Gasteiger partial charge is 0.507 e. The molecule has 0 saturated heterocycles. The quantitative estimate of drug-likeness (QED) is 0.232. The molecule has 12 nitrogen and oxygen atoms in total. The third-order valence-electron chi connectivity index (χ3n) is 4.97. The Morgan fingerprint density at radius 3 is 2.26 bits per heavy atom. The molecule has 0 saturated carbocycles. The molecule has 12 heteroatoms. The number of aromatic hydroxyl groups is 2. The summed E-state index contributed by atoms with van der Waals surface area (Å²) in [5.41, 5.74) is -1.36. The van der Waals surface area contributed by atoms with Crippen LogP contribution in [-0.4, -0.2) is 49.4 Å². The van der Waals surface area contributed by atoms with Gasteiger partial charge in [-0.05, 0) is 25.5 Å². The minimum Gasteiger partial charge on any atom is -0.507 e. The first-order chi connectivity index (χ1) is 16.0. The number of benzene rings is 2. The van der Waals surface area contributed by atoms with Crippen molar-refractivity contribution in [1.82, 2.24) is 0 Å². The summed E-state index contributed by atoms with van der Waals surface area (Å²) in [6.07, 6.45) is 1.09. The van der Waals surface area contributed by atoms with E-state index in [1.807, 2.05) is 0 Å². The molecule has 0 aromatic heterocycles. The molecule has 178 valence electrons. The van der Waals surface area contributed by atoms with Crippen LogP contribution in [0.4, 0.5) is 0 Å². The summed E-state index contributed by atoms with van der Waals surface area (Å²) in [4.78, 5) is 47.1. The van der Waals surface area contributed by atoms with Gasteiger partial charge in [-0.15, -0.1) is 0 Å². The van der Waals surface area contributed by atoms with Gasteiger partial charge in [-0.2, -0.15) is 0 Å². The van der Waals surface area contributed by atoms with E-state index in [9.17, 15) is 39.6 Å². The van der Waals surface area contributed by atoms with Crippen LogP contribution in [-0.2, 0) is 27.5 Å². The van der Waals surface area contributed by atoms with Crippen molar-refractivity contribution in [3.63, 3.8) is 0 Å². The SMILES string of the molecule is Cc1cc(O)c(CO)c2c1C(=O)Oc1c(COC(=O)/C=C/C(=O)O)c(O)c(C(=O)O)c(C)c1O2. The molecule has 0 spiro atoms. The summed E-state index contributed by atoms with van der Waals surface area (Å²) < 4.78 is 16.0. The van der Waals surface area contributed by atoms with Crippen LogP contribution in [0.1, 0.15) is 43.0 Å². The molecular formula is C22H18O12. The number of fused-ring (bicyclic) bond motifs is 2. The first-order valence-corrected chi connectivity index (χ1v) is 9.53. The Kier molecular flexibility index (Phi) is 6.45. The minimum atomic E-state index is -1.58. The fourth-order valence-electron chi connectivity index (χ4n) is 3.39. The zero-order valence-corrected chi connectivity index (χ0v) is 17.7. The number of carboxylic acid groups (broad SMARTS) is 2. The van der Waals surface area contributed by atoms with Crippen LogP contribution in [0.5, 0.6) is 28.7 Å². The Labute approximate surface area is 190 Å². The number of aliphatic hydroxyl groups is 1. The molecule has 34 heavy (non-hydrogen) atoms. The van der Waals surface area contributed by atoms with E-state index in [0.717, 1.165) is 0 Å². The number of aliphatic carboxylic acids is 1. The van der Waals surface area contributed by atoms with Crippen LogP contribution in [0, 0.1) is 13.8 Å². The lowest BCUT2D eigenvalue weighted by Crippen LogP contribution is -2.13. The van der Waals surface area contributed by atoms with Crippen LogP contribution in [0.3, 0.4) is 0 Å². The van der Waals surface area contributed by atoms with Gasteiger partial charge in [0.25, 0.3) is 0 Å². The van der Waals surface area contributed by atoms with E-state index in [0.29, 0.717) is 12.2 Å². The van der Waals surface area contributed by atoms with Crippen molar-refractivity contribution in [1.29, 1.82) is 0 Å². The molecular weight excluding hydrogens is 456 g/mol. The first-order valence-electron chi connectivity index (χ1n) is 9.53. The van der Waals surface area contributed by atoms with Crippen molar-refractivity contribution < 1.29 is 58.9 Å². The number of aliphatic hydroxyl groups excluding tert-OH is 1. The van der Waals surface area contributed by atoms with Gasteiger partial charge in [-0.25, -0.2) is 19.2 Å². The maximum Gasteiger partial charge on any atom is 0.347 e. The Balaban J connectivity index is 2.23. The molecule has 1 heterocycles. The lowest BCUT2D eigenvalue weighted by atomic mass is 10.0. The van der Waals surface area contributed by atoms with Gasteiger partial charge in [0, 0.05) is 17.7 Å². The highest BCUT2D eigenvalue weighted by Gasteiger charge is 2.35. The first kappa shape index (κ1) is 24.1. The average molecular weight is 474 g/mol. The monoisotopic (exact) mass is 474 g/mol. The number of carbonyl (C=O) groups excluding carboxylic acids is 2. The molecule has 0 unspecified atom stereocenters. The summed E-state index contributed by atoms with van der Waals surface area (Å²) in [5.74, 6) is -7.48. The smallest absolute Gasteiger partial charge is 0.347 e. The van der Waals surface area contributed by atoms with Gasteiger partial charge < -0.3 is 39.7 Å². The number of hydrogen-bond donors (Lipinski definition) is 5. The molecule has 1 aliphatic heterocycles. The fraction of sp³-hybridized carbons (Fsp3) is 0.182. The fourth-order valence-corrected chi connectivity index (χ4v) is 3.39. The molecule has 2 aromatic rings. The average Bonchev–Trinajstić information content (AvgIpc) is 2.89. The number of aryl methyl sites for hydroxylation is 1. The van der Waals surface area contributed by atoms with Gasteiger partial charge in [0.2, 0.25) is 0 Å². The number of phenols is 2. The predicted octanol–water partition coefficient (Wildman–Crippen LogP) is 1.91. The Hall–Kier alpha value is -4.58. The number of aromatic carboxylic acids is 1. The van der Waals surface area contributed by atoms with Crippen LogP contribution in [0.25, 0.3) is 0 Å². The lowest BCUT2D eigenvalue weighted by molar-refractivity contribution is -0.139. The van der Waals surface area contributed by atoms with E-state index >= 15 is 0 Å². The highest BCUT2D eigenvalue weighted by atomic mass is 16.6. The van der Waals surface area contributed by atoms with Crippen LogP contribution in [0.15, 0.2) is 18.2 Å². The van der Waals surface area contributed by atoms with E-state index in [-0.39, 0.29) is 39.5 Å². The molecule has 3 rings (SSSR count). The Morgan fingerprint density at radius 1 is 1.00 bits per heavy atom. The molecule has 0 radical (unpaired) electrons. The van der Waals surface area contributed by atoms with Crippen molar-refractivity contribution in [2.24, 2.45) is 0 Å². The molecule has 0 aliphatic carbocycles. The second-order valence-corrected chi connectivity index (χ2v) is 7.11. The lowest BCUT2D eigenvalue weighted by Gasteiger charge is -2.19. The predicted molar refractivity (Wildman–Crippen MR) is 110 cm³/mol. The van der Waals surface area contributed by atoms with Gasteiger partial charge in [0.1, 0.15) is 29.2 Å². The van der Waals surface area contributed by atoms with E-state index in [1.54, 1.807) is 0 Å². The van der Waals surface area contributed by atoms with Crippen LogP contribution < -0.4 is 9.47 Å². The summed E-state index contributed by atoms with van der Waals surface area (Å²) in [5, 5.41) is 48.7. The van der Waals surface area contributed by atoms with Crippen molar-refractivity contribution in [3.8, 4) is 28.7 Å². The molecule has 0 atom stereocenters. The minimum absolute atomic E-state index is 0.161. The maximum absolute atomic E-state index is 12.9. The van der Waals surface area contributed by atoms with Crippen LogP contribution in [0.2, 0.25) is 0 Å². The van der Waals surface area contributed by atoms with Crippen molar-refractivity contribution in [2.45, 2.75) is 27.1 Å². The summed E-state index contributed by atoms with van der Waals surface area (Å²) >= 11 is 0.